The van der Waals surface area contributed by atoms with E-state index in [4.69, 9.17) is 4.74 Å². The third kappa shape index (κ3) is 3.86. The Morgan fingerprint density at radius 1 is 1.17 bits per heavy atom. The minimum atomic E-state index is -0.152. The summed E-state index contributed by atoms with van der Waals surface area (Å²) in [6, 6.07) is 8.36. The lowest BCUT2D eigenvalue weighted by molar-refractivity contribution is -0.146. The van der Waals surface area contributed by atoms with E-state index in [1.165, 1.54) is 5.56 Å². The first-order chi connectivity index (χ1) is 8.60. The second kappa shape index (κ2) is 7.20. The van der Waals surface area contributed by atoms with Gasteiger partial charge < -0.3 is 4.74 Å². The van der Waals surface area contributed by atoms with Gasteiger partial charge in [-0.2, -0.15) is 0 Å². The zero-order chi connectivity index (χ0) is 13.5. The van der Waals surface area contributed by atoms with Crippen LogP contribution in [0.25, 0.3) is 0 Å². The molecule has 0 aliphatic heterocycles. The van der Waals surface area contributed by atoms with Gasteiger partial charge in [0.05, 0.1) is 12.5 Å². The second-order valence-electron chi connectivity index (χ2n) is 4.97. The molecule has 0 aromatic heterocycles. The summed E-state index contributed by atoms with van der Waals surface area (Å²) in [5.41, 5.74) is 2.39. The van der Waals surface area contributed by atoms with E-state index < -0.39 is 0 Å². The van der Waals surface area contributed by atoms with E-state index in [-0.39, 0.29) is 17.8 Å². The van der Waals surface area contributed by atoms with Crippen LogP contribution in [0.2, 0.25) is 0 Å². The normalized spacial score (nSPS) is 12.5. The molecule has 100 valence electrons. The van der Waals surface area contributed by atoms with E-state index in [0.717, 1.165) is 18.4 Å². The first-order valence-electron chi connectivity index (χ1n) is 6.85. The first kappa shape index (κ1) is 14.7. The lowest BCUT2D eigenvalue weighted by Crippen LogP contribution is -2.20. The molecule has 0 bridgehead atoms. The minimum absolute atomic E-state index is 0.115. The average Bonchev–Trinajstić information content (AvgIpc) is 2.32. The molecule has 1 unspecified atom stereocenters. The Morgan fingerprint density at radius 2 is 1.78 bits per heavy atom. The van der Waals surface area contributed by atoms with Crippen LogP contribution in [0.3, 0.4) is 0 Å². The maximum absolute atomic E-state index is 12.0. The molecule has 18 heavy (non-hydrogen) atoms. The number of aryl methyl sites for hydroxylation is 1. The molecular weight excluding hydrogens is 224 g/mol. The number of hydrogen-bond donors (Lipinski definition) is 0. The zero-order valence-electron chi connectivity index (χ0n) is 11.9. The Kier molecular flexibility index (Phi) is 5.90. The summed E-state index contributed by atoms with van der Waals surface area (Å²) in [4.78, 5) is 12.0. The van der Waals surface area contributed by atoms with Crippen molar-refractivity contribution in [2.45, 2.75) is 46.5 Å². The fraction of sp³-hybridized carbons (Fsp3) is 0.562. The monoisotopic (exact) mass is 248 g/mol. The summed E-state index contributed by atoms with van der Waals surface area (Å²) in [5, 5.41) is 0. The highest BCUT2D eigenvalue weighted by Gasteiger charge is 2.25. The third-order valence-corrected chi connectivity index (χ3v) is 3.08. The van der Waals surface area contributed by atoms with Gasteiger partial charge in [-0.1, -0.05) is 51.5 Å². The molecule has 0 heterocycles. The summed E-state index contributed by atoms with van der Waals surface area (Å²) >= 11 is 0. The zero-order valence-corrected chi connectivity index (χ0v) is 11.9. The standard InChI is InChI=1S/C16H24O2/c1-5-7-13-8-10-14(11-9-13)15(12(3)4)16(17)18-6-2/h8-12,15H,5-7H2,1-4H3. The number of ether oxygens (including phenoxy) is 1. The van der Waals surface area contributed by atoms with Gasteiger partial charge in [0, 0.05) is 0 Å². The van der Waals surface area contributed by atoms with E-state index in [1.54, 1.807) is 0 Å². The number of benzene rings is 1. The van der Waals surface area contributed by atoms with Gasteiger partial charge in [-0.3, -0.25) is 4.79 Å². The predicted octanol–water partition coefficient (Wildman–Crippen LogP) is 3.94. The van der Waals surface area contributed by atoms with Crippen molar-refractivity contribution in [3.8, 4) is 0 Å². The summed E-state index contributed by atoms with van der Waals surface area (Å²) in [7, 11) is 0. The Balaban J connectivity index is 2.89. The fourth-order valence-electron chi connectivity index (χ4n) is 2.21. The van der Waals surface area contributed by atoms with Crippen molar-refractivity contribution < 1.29 is 9.53 Å². The van der Waals surface area contributed by atoms with Crippen molar-refractivity contribution >= 4 is 5.97 Å². The molecule has 0 amide bonds. The highest BCUT2D eigenvalue weighted by molar-refractivity contribution is 5.78. The van der Waals surface area contributed by atoms with Crippen molar-refractivity contribution in [2.24, 2.45) is 5.92 Å². The predicted molar refractivity (Wildman–Crippen MR) is 74.6 cm³/mol. The molecule has 0 saturated carbocycles. The highest BCUT2D eigenvalue weighted by Crippen LogP contribution is 2.26. The highest BCUT2D eigenvalue weighted by atomic mass is 16.5. The summed E-state index contributed by atoms with van der Waals surface area (Å²) in [6.07, 6.45) is 2.23. The van der Waals surface area contributed by atoms with E-state index in [2.05, 4.69) is 45.0 Å². The lowest BCUT2D eigenvalue weighted by Gasteiger charge is -2.19. The molecule has 1 aromatic carbocycles. The molecule has 0 saturated heterocycles. The number of carbonyl (C=O) groups excluding carboxylic acids is 1. The van der Waals surface area contributed by atoms with Gasteiger partial charge in [-0.15, -0.1) is 0 Å². The van der Waals surface area contributed by atoms with Gasteiger partial charge >= 0.3 is 5.97 Å². The SMILES string of the molecule is CCCc1ccc(C(C(=O)OCC)C(C)C)cc1. The molecule has 1 aromatic rings. The van der Waals surface area contributed by atoms with Crippen molar-refractivity contribution in [3.05, 3.63) is 35.4 Å². The molecule has 0 spiro atoms. The number of rotatable bonds is 6. The van der Waals surface area contributed by atoms with Crippen LogP contribution in [0.15, 0.2) is 24.3 Å². The van der Waals surface area contributed by atoms with Gasteiger partial charge in [0.25, 0.3) is 0 Å². The van der Waals surface area contributed by atoms with Crippen LogP contribution >= 0.6 is 0 Å². The molecule has 1 atom stereocenters. The maximum atomic E-state index is 12.0. The first-order valence-corrected chi connectivity index (χ1v) is 6.85. The largest absolute Gasteiger partial charge is 0.466 e. The van der Waals surface area contributed by atoms with Crippen molar-refractivity contribution in [1.82, 2.24) is 0 Å². The van der Waals surface area contributed by atoms with Crippen LogP contribution in [0.5, 0.6) is 0 Å². The fourth-order valence-corrected chi connectivity index (χ4v) is 2.21. The van der Waals surface area contributed by atoms with Crippen LogP contribution in [-0.4, -0.2) is 12.6 Å². The number of hydrogen-bond acceptors (Lipinski definition) is 2. The second-order valence-corrected chi connectivity index (χ2v) is 4.97. The minimum Gasteiger partial charge on any atom is -0.466 e. The van der Waals surface area contributed by atoms with E-state index >= 15 is 0 Å². The van der Waals surface area contributed by atoms with Crippen LogP contribution < -0.4 is 0 Å². The molecule has 2 nitrogen and oxygen atoms in total. The van der Waals surface area contributed by atoms with Crippen molar-refractivity contribution in [3.63, 3.8) is 0 Å². The van der Waals surface area contributed by atoms with Crippen LogP contribution in [0.4, 0.5) is 0 Å². The maximum Gasteiger partial charge on any atom is 0.313 e. The smallest absolute Gasteiger partial charge is 0.313 e. The van der Waals surface area contributed by atoms with E-state index in [1.807, 2.05) is 6.92 Å². The van der Waals surface area contributed by atoms with Gasteiger partial charge in [0.2, 0.25) is 0 Å². The van der Waals surface area contributed by atoms with E-state index in [0.29, 0.717) is 6.61 Å². The van der Waals surface area contributed by atoms with Gasteiger partial charge in [-0.25, -0.2) is 0 Å². The number of carbonyl (C=O) groups is 1. The van der Waals surface area contributed by atoms with Gasteiger partial charge in [0.1, 0.15) is 0 Å². The molecule has 0 radical (unpaired) electrons. The molecule has 0 fully saturated rings. The summed E-state index contributed by atoms with van der Waals surface area (Å²) < 4.78 is 5.16. The van der Waals surface area contributed by atoms with Crippen molar-refractivity contribution in [2.75, 3.05) is 6.61 Å². The van der Waals surface area contributed by atoms with Gasteiger partial charge in [-0.05, 0) is 30.4 Å². The topological polar surface area (TPSA) is 26.3 Å². The summed E-state index contributed by atoms with van der Waals surface area (Å²) in [5.74, 6) is -0.0163. The molecule has 2 heteroatoms. The lowest BCUT2D eigenvalue weighted by atomic mass is 9.88. The Hall–Kier alpha value is -1.31. The Bertz CT molecular complexity index is 365. The van der Waals surface area contributed by atoms with Crippen molar-refractivity contribution in [1.29, 1.82) is 0 Å². The molecule has 1 rings (SSSR count). The average molecular weight is 248 g/mol. The molecule has 0 aliphatic carbocycles. The Labute approximate surface area is 110 Å². The van der Waals surface area contributed by atoms with Gasteiger partial charge in [0.15, 0.2) is 0 Å². The van der Waals surface area contributed by atoms with E-state index in [9.17, 15) is 4.79 Å². The quantitative estimate of drug-likeness (QED) is 0.713. The molecule has 0 aliphatic rings. The van der Waals surface area contributed by atoms with Crippen LogP contribution in [0, 0.1) is 5.92 Å². The third-order valence-electron chi connectivity index (χ3n) is 3.08. The molecular formula is C16H24O2. The molecule has 0 N–H and O–H groups in total. The number of esters is 1. The summed E-state index contributed by atoms with van der Waals surface area (Å²) in [6.45, 7) is 8.57. The van der Waals surface area contributed by atoms with Crippen LogP contribution in [-0.2, 0) is 16.0 Å². The van der Waals surface area contributed by atoms with Crippen LogP contribution in [0.1, 0.15) is 51.2 Å². The Morgan fingerprint density at radius 3 is 2.22 bits per heavy atom.